The maximum absolute atomic E-state index is 3.46. The molecule has 11 heavy (non-hydrogen) atoms. The predicted octanol–water partition coefficient (Wildman–Crippen LogP) is 1.20. The smallest absolute Gasteiger partial charge is 0.0327 e. The van der Waals surface area contributed by atoms with Gasteiger partial charge in [-0.3, -0.25) is 0 Å². The van der Waals surface area contributed by atoms with Gasteiger partial charge in [0.05, 0.1) is 0 Å². The van der Waals surface area contributed by atoms with E-state index in [2.05, 4.69) is 44.1 Å². The van der Waals surface area contributed by atoms with Gasteiger partial charge in [0, 0.05) is 31.4 Å². The average molecular weight is 154 g/mol. The summed E-state index contributed by atoms with van der Waals surface area (Å²) >= 11 is 0. The fraction of sp³-hybridized carbons (Fsp3) is 0.778. The van der Waals surface area contributed by atoms with Crippen molar-refractivity contribution < 1.29 is 0 Å². The van der Waals surface area contributed by atoms with Gasteiger partial charge in [-0.25, -0.2) is 0 Å². The van der Waals surface area contributed by atoms with Crippen molar-refractivity contribution in [3.63, 3.8) is 0 Å². The minimum atomic E-state index is 0.162. The molecule has 0 aromatic heterocycles. The number of rotatable bonds is 0. The number of allylic oxidation sites excluding steroid dienone is 1. The molecule has 0 saturated carbocycles. The van der Waals surface area contributed by atoms with E-state index in [1.54, 1.807) is 0 Å². The van der Waals surface area contributed by atoms with E-state index in [4.69, 9.17) is 0 Å². The van der Waals surface area contributed by atoms with Crippen molar-refractivity contribution in [1.29, 1.82) is 0 Å². The lowest BCUT2D eigenvalue weighted by Gasteiger charge is -2.19. The van der Waals surface area contributed by atoms with Gasteiger partial charge in [-0.2, -0.15) is 0 Å². The van der Waals surface area contributed by atoms with Crippen LogP contribution in [0.2, 0.25) is 0 Å². The zero-order valence-corrected chi connectivity index (χ0v) is 7.94. The van der Waals surface area contributed by atoms with Crippen LogP contribution in [-0.2, 0) is 0 Å². The molecule has 64 valence electrons. The van der Waals surface area contributed by atoms with Crippen LogP contribution >= 0.6 is 0 Å². The minimum Gasteiger partial charge on any atom is -0.377 e. The van der Waals surface area contributed by atoms with E-state index in [0.717, 1.165) is 13.1 Å². The van der Waals surface area contributed by atoms with Crippen LogP contribution in [0, 0.1) is 0 Å². The Morgan fingerprint density at radius 1 is 1.55 bits per heavy atom. The molecule has 1 aliphatic heterocycles. The van der Waals surface area contributed by atoms with Crippen LogP contribution in [-0.4, -0.2) is 30.6 Å². The summed E-state index contributed by atoms with van der Waals surface area (Å²) in [6.07, 6.45) is 2.28. The number of nitrogens with zero attached hydrogens (tertiary/aromatic N) is 1. The quantitative estimate of drug-likeness (QED) is 0.564. The Hall–Kier alpha value is -0.500. The van der Waals surface area contributed by atoms with E-state index in [9.17, 15) is 0 Å². The third-order valence-corrected chi connectivity index (χ3v) is 2.20. The summed E-state index contributed by atoms with van der Waals surface area (Å²) in [4.78, 5) is 2.28. The van der Waals surface area contributed by atoms with Gasteiger partial charge < -0.3 is 10.2 Å². The molecule has 1 heterocycles. The second-order valence-electron chi connectivity index (χ2n) is 3.86. The zero-order valence-electron chi connectivity index (χ0n) is 7.94. The monoisotopic (exact) mass is 154 g/mol. The number of hydrogen-bond donors (Lipinski definition) is 1. The van der Waals surface area contributed by atoms with Gasteiger partial charge in [0.25, 0.3) is 0 Å². The molecular formula is C9H18N2. The fourth-order valence-corrected chi connectivity index (χ4v) is 1.41. The van der Waals surface area contributed by atoms with E-state index >= 15 is 0 Å². The van der Waals surface area contributed by atoms with Crippen LogP contribution in [0.5, 0.6) is 0 Å². The summed E-state index contributed by atoms with van der Waals surface area (Å²) in [6.45, 7) is 8.74. The molecule has 0 aliphatic carbocycles. The van der Waals surface area contributed by atoms with Crippen molar-refractivity contribution in [3.8, 4) is 0 Å². The standard InChI is InChI=1S/C9H18N2/c1-8-7-9(2,3)10-5-6-11(8)4/h7,10H,5-6H2,1-4H3. The van der Waals surface area contributed by atoms with Crippen molar-refractivity contribution in [2.75, 3.05) is 20.1 Å². The molecule has 0 bridgehead atoms. The van der Waals surface area contributed by atoms with Crippen molar-refractivity contribution in [3.05, 3.63) is 11.8 Å². The maximum Gasteiger partial charge on any atom is 0.0327 e. The van der Waals surface area contributed by atoms with E-state index < -0.39 is 0 Å². The van der Waals surface area contributed by atoms with E-state index in [1.807, 2.05) is 0 Å². The Morgan fingerprint density at radius 3 is 2.82 bits per heavy atom. The minimum absolute atomic E-state index is 0.162. The molecule has 0 atom stereocenters. The first-order chi connectivity index (χ1) is 5.01. The van der Waals surface area contributed by atoms with Gasteiger partial charge in [-0.15, -0.1) is 0 Å². The van der Waals surface area contributed by atoms with Gasteiger partial charge in [-0.1, -0.05) is 0 Å². The first-order valence-electron chi connectivity index (χ1n) is 4.17. The third kappa shape index (κ3) is 2.22. The molecule has 0 saturated heterocycles. The lowest BCUT2D eigenvalue weighted by atomic mass is 10.0. The molecule has 0 aromatic rings. The maximum atomic E-state index is 3.46. The fourth-order valence-electron chi connectivity index (χ4n) is 1.41. The van der Waals surface area contributed by atoms with Crippen LogP contribution < -0.4 is 5.32 Å². The molecule has 0 unspecified atom stereocenters. The summed E-state index contributed by atoms with van der Waals surface area (Å²) in [7, 11) is 2.13. The van der Waals surface area contributed by atoms with Crippen LogP contribution in [0.3, 0.4) is 0 Å². The van der Waals surface area contributed by atoms with Gasteiger partial charge in [0.15, 0.2) is 0 Å². The predicted molar refractivity (Wildman–Crippen MR) is 48.5 cm³/mol. The van der Waals surface area contributed by atoms with Gasteiger partial charge >= 0.3 is 0 Å². The third-order valence-electron chi connectivity index (χ3n) is 2.20. The van der Waals surface area contributed by atoms with Gasteiger partial charge in [-0.05, 0) is 26.8 Å². The molecule has 1 N–H and O–H groups in total. The molecule has 0 radical (unpaired) electrons. The Kier molecular flexibility index (Phi) is 2.23. The highest BCUT2D eigenvalue weighted by Gasteiger charge is 2.17. The molecule has 2 heteroatoms. The van der Waals surface area contributed by atoms with Crippen molar-refractivity contribution >= 4 is 0 Å². The molecular weight excluding hydrogens is 136 g/mol. The Labute approximate surface area is 69.3 Å². The van der Waals surface area contributed by atoms with E-state index in [1.165, 1.54) is 5.70 Å². The van der Waals surface area contributed by atoms with Crippen LogP contribution in [0.4, 0.5) is 0 Å². The van der Waals surface area contributed by atoms with Crippen molar-refractivity contribution in [1.82, 2.24) is 10.2 Å². The average Bonchev–Trinajstić information content (AvgIpc) is 1.93. The lowest BCUT2D eigenvalue weighted by molar-refractivity contribution is 0.411. The summed E-state index contributed by atoms with van der Waals surface area (Å²) in [5, 5.41) is 3.46. The van der Waals surface area contributed by atoms with Crippen molar-refractivity contribution in [2.24, 2.45) is 0 Å². The highest BCUT2D eigenvalue weighted by molar-refractivity contribution is 5.10. The van der Waals surface area contributed by atoms with Crippen molar-refractivity contribution in [2.45, 2.75) is 26.3 Å². The Balaban J connectivity index is 2.77. The SMILES string of the molecule is CC1=CC(C)(C)NCCN1C. The highest BCUT2D eigenvalue weighted by atomic mass is 15.1. The molecule has 1 aliphatic rings. The molecule has 0 fully saturated rings. The van der Waals surface area contributed by atoms with Crippen LogP contribution in [0.15, 0.2) is 11.8 Å². The first kappa shape index (κ1) is 8.60. The normalized spacial score (nSPS) is 24.4. The molecule has 0 amide bonds. The van der Waals surface area contributed by atoms with E-state index in [0.29, 0.717) is 0 Å². The summed E-state index contributed by atoms with van der Waals surface area (Å²) < 4.78 is 0. The second kappa shape index (κ2) is 2.86. The second-order valence-corrected chi connectivity index (χ2v) is 3.86. The number of nitrogens with one attached hydrogen (secondary N) is 1. The zero-order chi connectivity index (χ0) is 8.48. The van der Waals surface area contributed by atoms with Gasteiger partial charge in [0.1, 0.15) is 0 Å². The van der Waals surface area contributed by atoms with E-state index in [-0.39, 0.29) is 5.54 Å². The van der Waals surface area contributed by atoms with Crippen LogP contribution in [0.25, 0.3) is 0 Å². The topological polar surface area (TPSA) is 15.3 Å². The largest absolute Gasteiger partial charge is 0.377 e. The lowest BCUT2D eigenvalue weighted by Crippen LogP contribution is -2.38. The molecule has 1 rings (SSSR count). The summed E-state index contributed by atoms with van der Waals surface area (Å²) in [6, 6.07) is 0. The van der Waals surface area contributed by atoms with Crippen LogP contribution in [0.1, 0.15) is 20.8 Å². The molecule has 2 nitrogen and oxygen atoms in total. The highest BCUT2D eigenvalue weighted by Crippen LogP contribution is 2.12. The summed E-state index contributed by atoms with van der Waals surface area (Å²) in [5.41, 5.74) is 1.52. The molecule has 0 aromatic carbocycles. The Bertz CT molecular complexity index is 170. The Morgan fingerprint density at radius 2 is 2.18 bits per heavy atom. The summed E-state index contributed by atoms with van der Waals surface area (Å²) in [5.74, 6) is 0. The number of likely N-dealkylation sites (N-methyl/N-ethyl adjacent to an activating group) is 1. The number of hydrogen-bond acceptors (Lipinski definition) is 2. The first-order valence-corrected chi connectivity index (χ1v) is 4.17. The van der Waals surface area contributed by atoms with Gasteiger partial charge in [0.2, 0.25) is 0 Å². The molecule has 0 spiro atoms.